The van der Waals surface area contributed by atoms with Crippen LogP contribution in [0.4, 0.5) is 0 Å². The molecule has 0 unspecified atom stereocenters. The maximum absolute atomic E-state index is 9.26. The molecule has 0 aliphatic heterocycles. The molecule has 134 valence electrons. The Morgan fingerprint density at radius 3 is 2.38 bits per heavy atom. The van der Waals surface area contributed by atoms with E-state index in [1.807, 2.05) is 30.5 Å². The van der Waals surface area contributed by atoms with Gasteiger partial charge in [0.1, 0.15) is 0 Å². The predicted molar refractivity (Wildman–Crippen MR) is 120 cm³/mol. The summed E-state index contributed by atoms with van der Waals surface area (Å²) in [6, 6.07) is 26.9. The SMILES string of the molecule is N#Cc1ccc2sc3ccc(-c4ccc5ccc6cccnc6c5n4)cc3c2c1. The molecule has 0 N–H and O–H groups in total. The minimum atomic E-state index is 0.684. The van der Waals surface area contributed by atoms with E-state index in [9.17, 15) is 5.26 Å². The van der Waals surface area contributed by atoms with Gasteiger partial charge in [0.15, 0.2) is 0 Å². The molecule has 6 aromatic rings. The van der Waals surface area contributed by atoms with Gasteiger partial charge in [-0.1, -0.05) is 30.3 Å². The lowest BCUT2D eigenvalue weighted by atomic mass is 10.0. The molecular weight excluding hydrogens is 374 g/mol. The summed E-state index contributed by atoms with van der Waals surface area (Å²) in [5.74, 6) is 0. The number of nitriles is 1. The zero-order chi connectivity index (χ0) is 19.4. The number of benzene rings is 3. The van der Waals surface area contributed by atoms with Crippen LogP contribution in [0.25, 0.3) is 53.2 Å². The Balaban J connectivity index is 1.60. The lowest BCUT2D eigenvalue weighted by molar-refractivity contribution is 1.37. The van der Waals surface area contributed by atoms with Crippen molar-refractivity contribution >= 4 is 53.3 Å². The highest BCUT2D eigenvalue weighted by atomic mass is 32.1. The molecule has 0 atom stereocenters. The molecule has 29 heavy (non-hydrogen) atoms. The number of hydrogen-bond acceptors (Lipinski definition) is 4. The summed E-state index contributed by atoms with van der Waals surface area (Å²) < 4.78 is 2.41. The van der Waals surface area contributed by atoms with Gasteiger partial charge in [0.2, 0.25) is 0 Å². The Bertz CT molecular complexity index is 1620. The van der Waals surface area contributed by atoms with Gasteiger partial charge in [-0.25, -0.2) is 4.98 Å². The maximum atomic E-state index is 9.26. The van der Waals surface area contributed by atoms with E-state index in [2.05, 4.69) is 59.6 Å². The van der Waals surface area contributed by atoms with Gasteiger partial charge >= 0.3 is 0 Å². The van der Waals surface area contributed by atoms with Crippen LogP contribution in [0.2, 0.25) is 0 Å². The van der Waals surface area contributed by atoms with Crippen molar-refractivity contribution in [1.82, 2.24) is 9.97 Å². The van der Waals surface area contributed by atoms with Crippen LogP contribution in [0.5, 0.6) is 0 Å². The van der Waals surface area contributed by atoms with E-state index in [4.69, 9.17) is 4.98 Å². The Morgan fingerprint density at radius 1 is 0.759 bits per heavy atom. The molecule has 0 spiro atoms. The minimum Gasteiger partial charge on any atom is -0.254 e. The summed E-state index contributed by atoms with van der Waals surface area (Å²) in [4.78, 5) is 9.52. The van der Waals surface area contributed by atoms with Gasteiger partial charge in [0.25, 0.3) is 0 Å². The molecule has 0 radical (unpaired) electrons. The Morgan fingerprint density at radius 2 is 1.52 bits per heavy atom. The fourth-order valence-electron chi connectivity index (χ4n) is 3.89. The van der Waals surface area contributed by atoms with Crippen LogP contribution < -0.4 is 0 Å². The van der Waals surface area contributed by atoms with Crippen LogP contribution in [0.15, 0.2) is 79.0 Å². The first-order chi connectivity index (χ1) is 14.3. The predicted octanol–water partition coefficient (Wildman–Crippen LogP) is 6.69. The molecule has 3 aromatic carbocycles. The van der Waals surface area contributed by atoms with Crippen LogP contribution >= 0.6 is 11.3 Å². The van der Waals surface area contributed by atoms with Crippen LogP contribution in [0, 0.1) is 11.3 Å². The van der Waals surface area contributed by atoms with Crippen LogP contribution in [0.3, 0.4) is 0 Å². The number of aromatic nitrogens is 2. The number of pyridine rings is 2. The quantitative estimate of drug-likeness (QED) is 0.295. The van der Waals surface area contributed by atoms with Gasteiger partial charge < -0.3 is 0 Å². The fourth-order valence-corrected chi connectivity index (χ4v) is 4.96. The van der Waals surface area contributed by atoms with Crippen molar-refractivity contribution in [3.05, 3.63) is 84.6 Å². The van der Waals surface area contributed by atoms with Crippen molar-refractivity contribution in [2.24, 2.45) is 0 Å². The standard InChI is InChI=1S/C25H13N3S/c26-14-15-3-9-22-19(12-15)20-13-18(7-10-23(20)29-22)21-8-6-17-5-4-16-2-1-11-27-24(16)25(17)28-21/h1-13H. The summed E-state index contributed by atoms with van der Waals surface area (Å²) in [5.41, 5.74) is 4.52. The first-order valence-electron chi connectivity index (χ1n) is 9.31. The molecule has 0 saturated heterocycles. The Labute approximate surface area is 170 Å². The number of fused-ring (bicyclic) bond motifs is 6. The van der Waals surface area contributed by atoms with Crippen molar-refractivity contribution < 1.29 is 0 Å². The van der Waals surface area contributed by atoms with Crippen molar-refractivity contribution in [3.8, 4) is 17.3 Å². The first-order valence-corrected chi connectivity index (χ1v) is 10.1. The van der Waals surface area contributed by atoms with Gasteiger partial charge in [-0.2, -0.15) is 5.26 Å². The zero-order valence-corrected chi connectivity index (χ0v) is 16.1. The first kappa shape index (κ1) is 16.2. The minimum absolute atomic E-state index is 0.684. The van der Waals surface area contributed by atoms with Crippen molar-refractivity contribution in [1.29, 1.82) is 5.26 Å². The van der Waals surface area contributed by atoms with E-state index in [0.29, 0.717) is 5.56 Å². The van der Waals surface area contributed by atoms with Crippen molar-refractivity contribution in [2.45, 2.75) is 0 Å². The maximum Gasteiger partial charge on any atom is 0.0991 e. The second-order valence-corrected chi connectivity index (χ2v) is 8.13. The van der Waals surface area contributed by atoms with Crippen LogP contribution in [0.1, 0.15) is 5.56 Å². The number of hydrogen-bond donors (Lipinski definition) is 0. The molecule has 0 aliphatic carbocycles. The molecule has 0 saturated carbocycles. The van der Waals surface area contributed by atoms with E-state index in [1.54, 1.807) is 11.3 Å². The number of nitrogens with zero attached hydrogens (tertiary/aromatic N) is 3. The van der Waals surface area contributed by atoms with Gasteiger partial charge in [-0.05, 0) is 42.5 Å². The third-order valence-corrected chi connectivity index (χ3v) is 6.48. The molecule has 0 aliphatic rings. The third-order valence-electron chi connectivity index (χ3n) is 5.33. The average molecular weight is 387 g/mol. The van der Waals surface area contributed by atoms with Crippen molar-refractivity contribution in [3.63, 3.8) is 0 Å². The van der Waals surface area contributed by atoms with Gasteiger partial charge in [0.05, 0.1) is 28.4 Å². The topological polar surface area (TPSA) is 49.6 Å². The van der Waals surface area contributed by atoms with Crippen LogP contribution in [-0.2, 0) is 0 Å². The smallest absolute Gasteiger partial charge is 0.0991 e. The molecule has 3 aromatic heterocycles. The molecule has 0 fully saturated rings. The molecule has 3 heterocycles. The van der Waals surface area contributed by atoms with Gasteiger partial charge in [-0.15, -0.1) is 11.3 Å². The van der Waals surface area contributed by atoms with Gasteiger partial charge in [-0.3, -0.25) is 4.98 Å². The van der Waals surface area contributed by atoms with Crippen LogP contribution in [-0.4, -0.2) is 9.97 Å². The van der Waals surface area contributed by atoms with E-state index in [0.717, 1.165) is 43.8 Å². The highest BCUT2D eigenvalue weighted by Gasteiger charge is 2.10. The summed E-state index contributed by atoms with van der Waals surface area (Å²) in [5, 5.41) is 13.7. The van der Waals surface area contributed by atoms with E-state index >= 15 is 0 Å². The molecule has 0 bridgehead atoms. The lowest BCUT2D eigenvalue weighted by Gasteiger charge is -2.06. The molecule has 0 amide bonds. The summed E-state index contributed by atoms with van der Waals surface area (Å²) >= 11 is 1.75. The largest absolute Gasteiger partial charge is 0.254 e. The highest BCUT2D eigenvalue weighted by Crippen LogP contribution is 2.37. The van der Waals surface area contributed by atoms with E-state index < -0.39 is 0 Å². The third kappa shape index (κ3) is 2.49. The molecule has 6 rings (SSSR count). The van der Waals surface area contributed by atoms with Crippen molar-refractivity contribution in [2.75, 3.05) is 0 Å². The summed E-state index contributed by atoms with van der Waals surface area (Å²) in [7, 11) is 0. The molecular formula is C25H13N3S. The Hall–Kier alpha value is -3.81. The second-order valence-electron chi connectivity index (χ2n) is 7.04. The number of thiophene rings is 1. The zero-order valence-electron chi connectivity index (χ0n) is 15.3. The summed E-state index contributed by atoms with van der Waals surface area (Å²) in [6.07, 6.45) is 1.81. The molecule has 4 heteroatoms. The van der Waals surface area contributed by atoms with E-state index in [-0.39, 0.29) is 0 Å². The average Bonchev–Trinajstić information content (AvgIpc) is 3.15. The Kier molecular flexibility index (Phi) is 3.40. The highest BCUT2D eigenvalue weighted by molar-refractivity contribution is 7.25. The lowest BCUT2D eigenvalue weighted by Crippen LogP contribution is -1.88. The normalized spacial score (nSPS) is 11.4. The summed E-state index contributed by atoms with van der Waals surface area (Å²) in [6.45, 7) is 0. The molecule has 3 nitrogen and oxygen atoms in total. The monoisotopic (exact) mass is 387 g/mol. The second kappa shape index (κ2) is 6.10. The van der Waals surface area contributed by atoms with E-state index in [1.165, 1.54) is 9.40 Å². The fraction of sp³-hybridized carbons (Fsp3) is 0. The van der Waals surface area contributed by atoms with Gasteiger partial charge in [0, 0.05) is 42.7 Å². The number of rotatable bonds is 1.